The first-order chi connectivity index (χ1) is 17.3. The second-order valence-electron chi connectivity index (χ2n) is 7.30. The molecule has 0 atom stereocenters. The van der Waals surface area contributed by atoms with E-state index in [1.54, 1.807) is 48.5 Å². The predicted octanol–water partition coefficient (Wildman–Crippen LogP) is 3.10. The molecule has 0 aliphatic heterocycles. The zero-order valence-electron chi connectivity index (χ0n) is 18.4. The lowest BCUT2D eigenvalue weighted by atomic mass is 10.1. The lowest BCUT2D eigenvalue weighted by Crippen LogP contribution is -2.34. The zero-order chi connectivity index (χ0) is 25.7. The number of carbonyl (C=O) groups excluding carboxylic acids is 3. The van der Waals surface area contributed by atoms with Gasteiger partial charge in [0.1, 0.15) is 5.75 Å². The smallest absolute Gasteiger partial charge is 0.387 e. The molecule has 0 aliphatic rings. The van der Waals surface area contributed by atoms with Gasteiger partial charge in [-0.3, -0.25) is 19.7 Å². The van der Waals surface area contributed by atoms with Gasteiger partial charge in [0.15, 0.2) is 12.3 Å². The molecule has 4 rings (SSSR count). The van der Waals surface area contributed by atoms with E-state index in [2.05, 4.69) is 9.84 Å². The molecule has 9 nitrogen and oxygen atoms in total. The normalized spacial score (nSPS) is 10.8. The van der Waals surface area contributed by atoms with Crippen LogP contribution in [0, 0.1) is 0 Å². The van der Waals surface area contributed by atoms with Crippen LogP contribution in [0.15, 0.2) is 83.7 Å². The van der Waals surface area contributed by atoms with Crippen LogP contribution < -0.4 is 15.6 Å². The number of hydrogen-bond acceptors (Lipinski definition) is 7. The quantitative estimate of drug-likeness (QED) is 0.393. The highest BCUT2D eigenvalue weighted by Crippen LogP contribution is 2.17. The number of para-hydroxylation sites is 1. The van der Waals surface area contributed by atoms with Gasteiger partial charge in [0.25, 0.3) is 17.4 Å². The highest BCUT2D eigenvalue weighted by Gasteiger charge is 2.20. The molecule has 11 heteroatoms. The third kappa shape index (κ3) is 5.41. The minimum Gasteiger partial charge on any atom is -0.451 e. The Kier molecular flexibility index (Phi) is 7.10. The number of nitrogens with zero attached hydrogens (tertiary/aromatic N) is 2. The highest BCUT2D eigenvalue weighted by atomic mass is 19.3. The van der Waals surface area contributed by atoms with E-state index < -0.39 is 36.6 Å². The number of esters is 1. The molecule has 4 aromatic rings. The topological polar surface area (TPSA) is 117 Å². The number of amides is 2. The maximum absolute atomic E-state index is 12.9. The number of nitrogens with one attached hydrogen (secondary N) is 1. The van der Waals surface area contributed by atoms with Crippen molar-refractivity contribution in [1.82, 2.24) is 15.1 Å². The van der Waals surface area contributed by atoms with E-state index in [0.717, 1.165) is 16.8 Å². The molecular weight excluding hydrogens is 476 g/mol. The van der Waals surface area contributed by atoms with Crippen molar-refractivity contribution >= 4 is 28.6 Å². The molecule has 1 aromatic heterocycles. The van der Waals surface area contributed by atoms with E-state index in [4.69, 9.17) is 4.74 Å². The summed E-state index contributed by atoms with van der Waals surface area (Å²) in [5, 5.41) is 6.64. The van der Waals surface area contributed by atoms with Gasteiger partial charge in [0, 0.05) is 10.9 Å². The Bertz CT molecular complexity index is 1490. The van der Waals surface area contributed by atoms with Gasteiger partial charge in [-0.05, 0) is 42.5 Å². The average molecular weight is 493 g/mol. The first kappa shape index (κ1) is 24.2. The van der Waals surface area contributed by atoms with E-state index in [1.807, 2.05) is 5.32 Å². The Balaban J connectivity index is 1.48. The number of benzene rings is 3. The Hall–Kier alpha value is -4.93. The molecule has 0 bridgehead atoms. The number of alkyl halides is 2. The molecule has 36 heavy (non-hydrogen) atoms. The molecular formula is C25H17F2N3O6. The van der Waals surface area contributed by atoms with Crippen molar-refractivity contribution in [2.75, 3.05) is 6.61 Å². The van der Waals surface area contributed by atoms with Gasteiger partial charge in [0.05, 0.1) is 11.1 Å². The van der Waals surface area contributed by atoms with Crippen LogP contribution in [0.2, 0.25) is 0 Å². The molecule has 0 fully saturated rings. The largest absolute Gasteiger partial charge is 0.451 e. The zero-order valence-corrected chi connectivity index (χ0v) is 18.4. The molecule has 0 unspecified atom stereocenters. The van der Waals surface area contributed by atoms with E-state index >= 15 is 0 Å². The molecule has 0 spiro atoms. The number of aromatic nitrogens is 2. The SMILES string of the molecule is O=C(COC(=O)c1nn(-c2ccccc2)c(=O)c2ccccc12)NC(=O)c1ccc(OC(F)F)cc1. The molecule has 1 N–H and O–H groups in total. The van der Waals surface area contributed by atoms with E-state index in [9.17, 15) is 28.0 Å². The van der Waals surface area contributed by atoms with Gasteiger partial charge in [-0.15, -0.1) is 0 Å². The van der Waals surface area contributed by atoms with Crippen LogP contribution >= 0.6 is 0 Å². The summed E-state index contributed by atoms with van der Waals surface area (Å²) in [6.45, 7) is -3.82. The van der Waals surface area contributed by atoms with Gasteiger partial charge >= 0.3 is 12.6 Å². The standard InChI is InChI=1S/C25H17F2N3O6/c26-25(27)36-17-12-10-15(11-13-17)22(32)28-20(31)14-35-24(34)21-18-8-4-5-9-19(18)23(33)30(29-21)16-6-2-1-3-7-16/h1-13,25H,14H2,(H,28,31,32). The van der Waals surface area contributed by atoms with Crippen molar-refractivity contribution in [3.05, 3.63) is 100 Å². The van der Waals surface area contributed by atoms with Crippen LogP contribution in [0.4, 0.5) is 8.78 Å². The van der Waals surface area contributed by atoms with Crippen molar-refractivity contribution in [3.8, 4) is 11.4 Å². The number of imide groups is 1. The molecule has 1 heterocycles. The van der Waals surface area contributed by atoms with E-state index in [1.165, 1.54) is 18.2 Å². The number of ether oxygens (including phenoxy) is 2. The van der Waals surface area contributed by atoms with Crippen molar-refractivity contribution in [2.45, 2.75) is 6.61 Å². The van der Waals surface area contributed by atoms with Crippen LogP contribution in [0.1, 0.15) is 20.8 Å². The maximum atomic E-state index is 12.9. The maximum Gasteiger partial charge on any atom is 0.387 e. The molecule has 0 radical (unpaired) electrons. The Morgan fingerprint density at radius 2 is 1.53 bits per heavy atom. The van der Waals surface area contributed by atoms with Crippen molar-refractivity contribution in [3.63, 3.8) is 0 Å². The lowest BCUT2D eigenvalue weighted by Gasteiger charge is -2.11. The summed E-state index contributed by atoms with van der Waals surface area (Å²) in [4.78, 5) is 50.1. The van der Waals surface area contributed by atoms with E-state index in [-0.39, 0.29) is 27.8 Å². The Labute approximate surface area is 201 Å². The molecule has 182 valence electrons. The van der Waals surface area contributed by atoms with Crippen LogP contribution in [0.25, 0.3) is 16.5 Å². The fraction of sp³-hybridized carbons (Fsp3) is 0.0800. The minimum atomic E-state index is -3.01. The fourth-order valence-corrected chi connectivity index (χ4v) is 3.31. The lowest BCUT2D eigenvalue weighted by molar-refractivity contribution is -0.123. The molecule has 0 saturated carbocycles. The summed E-state index contributed by atoms with van der Waals surface area (Å²) in [5.41, 5.74) is -0.209. The summed E-state index contributed by atoms with van der Waals surface area (Å²) >= 11 is 0. The Morgan fingerprint density at radius 1 is 0.889 bits per heavy atom. The van der Waals surface area contributed by atoms with Gasteiger partial charge in [0.2, 0.25) is 0 Å². The molecule has 3 aromatic carbocycles. The first-order valence-corrected chi connectivity index (χ1v) is 10.5. The van der Waals surface area contributed by atoms with Gasteiger partial charge in [-0.1, -0.05) is 36.4 Å². The number of rotatable bonds is 7. The minimum absolute atomic E-state index is 0.00103. The number of hydrogen-bond donors (Lipinski definition) is 1. The second kappa shape index (κ2) is 10.6. The summed E-state index contributed by atoms with van der Waals surface area (Å²) < 4.78 is 34.8. The number of fused-ring (bicyclic) bond motifs is 1. The third-order valence-electron chi connectivity index (χ3n) is 4.93. The third-order valence-corrected chi connectivity index (χ3v) is 4.93. The highest BCUT2D eigenvalue weighted by molar-refractivity contribution is 6.06. The van der Waals surface area contributed by atoms with Crippen LogP contribution in [-0.4, -0.2) is 40.8 Å². The predicted molar refractivity (Wildman–Crippen MR) is 123 cm³/mol. The van der Waals surface area contributed by atoms with Crippen molar-refractivity contribution in [1.29, 1.82) is 0 Å². The van der Waals surface area contributed by atoms with Crippen LogP contribution in [0.5, 0.6) is 5.75 Å². The molecule has 0 saturated heterocycles. The number of halogens is 2. The monoisotopic (exact) mass is 493 g/mol. The van der Waals surface area contributed by atoms with Crippen LogP contribution in [-0.2, 0) is 9.53 Å². The fourth-order valence-electron chi connectivity index (χ4n) is 3.31. The summed E-state index contributed by atoms with van der Waals surface area (Å²) in [6, 6.07) is 19.4. The van der Waals surface area contributed by atoms with Crippen molar-refractivity contribution in [2.24, 2.45) is 0 Å². The summed E-state index contributed by atoms with van der Waals surface area (Å²) in [6.07, 6.45) is 0. The van der Waals surface area contributed by atoms with Gasteiger partial charge in [-0.25, -0.2) is 4.79 Å². The summed E-state index contributed by atoms with van der Waals surface area (Å²) in [5.74, 6) is -2.90. The summed E-state index contributed by atoms with van der Waals surface area (Å²) in [7, 11) is 0. The molecule has 2 amide bonds. The average Bonchev–Trinajstić information content (AvgIpc) is 2.88. The first-order valence-electron chi connectivity index (χ1n) is 10.5. The van der Waals surface area contributed by atoms with Gasteiger partial charge in [-0.2, -0.15) is 18.6 Å². The van der Waals surface area contributed by atoms with Crippen molar-refractivity contribution < 1.29 is 32.6 Å². The van der Waals surface area contributed by atoms with Crippen LogP contribution in [0.3, 0.4) is 0 Å². The van der Waals surface area contributed by atoms with Gasteiger partial charge < -0.3 is 9.47 Å². The Morgan fingerprint density at radius 3 is 2.19 bits per heavy atom. The second-order valence-corrected chi connectivity index (χ2v) is 7.30. The van der Waals surface area contributed by atoms with E-state index in [0.29, 0.717) is 5.69 Å². The molecule has 0 aliphatic carbocycles. The number of carbonyl (C=O) groups is 3.